The molecule has 0 saturated heterocycles. The van der Waals surface area contributed by atoms with E-state index in [9.17, 15) is 13.2 Å². The second kappa shape index (κ2) is 7.10. The van der Waals surface area contributed by atoms with Crippen LogP contribution in [-0.4, -0.2) is 20.9 Å². The number of ether oxygens (including phenoxy) is 1. The van der Waals surface area contributed by atoms with Crippen molar-refractivity contribution in [2.24, 2.45) is 0 Å². The van der Waals surface area contributed by atoms with Gasteiger partial charge in [-0.25, -0.2) is 8.42 Å². The highest BCUT2D eigenvalue weighted by Gasteiger charge is 2.16. The summed E-state index contributed by atoms with van der Waals surface area (Å²) in [6.07, 6.45) is 0. The van der Waals surface area contributed by atoms with Crippen molar-refractivity contribution in [2.75, 3.05) is 6.61 Å². The van der Waals surface area contributed by atoms with Gasteiger partial charge >= 0.3 is 0 Å². The van der Waals surface area contributed by atoms with Crippen LogP contribution in [0.15, 0.2) is 39.9 Å². The molecule has 2 rings (SSSR count). The van der Waals surface area contributed by atoms with E-state index in [4.69, 9.17) is 16.3 Å². The summed E-state index contributed by atoms with van der Waals surface area (Å²) in [5, 5.41) is 2.23. The first kappa shape index (κ1) is 16.8. The van der Waals surface area contributed by atoms with Crippen LogP contribution in [0.1, 0.15) is 5.56 Å². The largest absolute Gasteiger partial charge is 0.484 e. The third-order valence-corrected chi connectivity index (χ3v) is 5.65. The molecule has 9 heteroatoms. The zero-order valence-electron chi connectivity index (χ0n) is 11.5. The summed E-state index contributed by atoms with van der Waals surface area (Å²) in [7, 11) is -3.74. The van der Waals surface area contributed by atoms with Crippen molar-refractivity contribution in [1.29, 1.82) is 0 Å². The maximum atomic E-state index is 11.8. The van der Waals surface area contributed by atoms with Gasteiger partial charge in [-0.2, -0.15) is 0 Å². The molecule has 0 aliphatic heterocycles. The standard InChI is InChI=1S/C13H13ClN2O4S2/c1-9-7-10(4-5-11(9)14)20-8-12(17)15-16-22(18,19)13-3-2-6-21-13/h2-7,16H,8H2,1H3,(H,15,17). The van der Waals surface area contributed by atoms with Crippen molar-refractivity contribution >= 4 is 38.9 Å². The average Bonchev–Trinajstić information content (AvgIpc) is 3.01. The van der Waals surface area contributed by atoms with Crippen LogP contribution in [0.3, 0.4) is 0 Å². The maximum Gasteiger partial charge on any atom is 0.272 e. The van der Waals surface area contributed by atoms with Gasteiger partial charge in [0.25, 0.3) is 15.9 Å². The second-order valence-corrected chi connectivity index (χ2v) is 7.55. The summed E-state index contributed by atoms with van der Waals surface area (Å²) >= 11 is 6.93. The summed E-state index contributed by atoms with van der Waals surface area (Å²) in [4.78, 5) is 13.6. The van der Waals surface area contributed by atoms with E-state index in [0.717, 1.165) is 16.9 Å². The fourth-order valence-electron chi connectivity index (χ4n) is 1.48. The SMILES string of the molecule is Cc1cc(OCC(=O)NNS(=O)(=O)c2cccs2)ccc1Cl. The Labute approximate surface area is 137 Å². The number of carbonyl (C=O) groups is 1. The van der Waals surface area contributed by atoms with Crippen molar-refractivity contribution < 1.29 is 17.9 Å². The molecule has 0 saturated carbocycles. The summed E-state index contributed by atoms with van der Waals surface area (Å²) in [5.41, 5.74) is 2.90. The summed E-state index contributed by atoms with van der Waals surface area (Å²) in [6.45, 7) is 1.48. The van der Waals surface area contributed by atoms with Crippen molar-refractivity contribution in [2.45, 2.75) is 11.1 Å². The molecule has 0 atom stereocenters. The number of nitrogens with one attached hydrogen (secondary N) is 2. The van der Waals surface area contributed by atoms with E-state index >= 15 is 0 Å². The predicted octanol–water partition coefficient (Wildman–Crippen LogP) is 2.10. The number of carbonyl (C=O) groups excluding carboxylic acids is 1. The number of amides is 1. The van der Waals surface area contributed by atoms with Gasteiger partial charge in [0.1, 0.15) is 9.96 Å². The Morgan fingerprint density at radius 1 is 1.36 bits per heavy atom. The van der Waals surface area contributed by atoms with Crippen LogP contribution < -0.4 is 15.0 Å². The Hall–Kier alpha value is -1.61. The molecule has 0 aliphatic carbocycles. The highest BCUT2D eigenvalue weighted by Crippen LogP contribution is 2.20. The number of hydrogen-bond donors (Lipinski definition) is 2. The molecular formula is C13H13ClN2O4S2. The molecule has 6 nitrogen and oxygen atoms in total. The lowest BCUT2D eigenvalue weighted by atomic mass is 10.2. The number of benzene rings is 1. The minimum absolute atomic E-state index is 0.113. The first-order valence-corrected chi connectivity index (χ1v) is 8.86. The Kier molecular flexibility index (Phi) is 5.41. The number of thiophene rings is 1. The van der Waals surface area contributed by atoms with Gasteiger partial charge in [0.15, 0.2) is 6.61 Å². The first-order valence-electron chi connectivity index (χ1n) is 6.11. The van der Waals surface area contributed by atoms with Crippen molar-refractivity contribution in [3.05, 3.63) is 46.3 Å². The molecule has 22 heavy (non-hydrogen) atoms. The average molecular weight is 361 g/mol. The van der Waals surface area contributed by atoms with Gasteiger partial charge in [-0.3, -0.25) is 10.2 Å². The number of rotatable bonds is 6. The fraction of sp³-hybridized carbons (Fsp3) is 0.154. The fourth-order valence-corrected chi connectivity index (χ4v) is 3.45. The summed E-state index contributed by atoms with van der Waals surface area (Å²) in [5.74, 6) is -0.147. The van der Waals surface area contributed by atoms with Crippen molar-refractivity contribution in [3.8, 4) is 5.75 Å². The lowest BCUT2D eigenvalue weighted by molar-refractivity contribution is -0.123. The zero-order chi connectivity index (χ0) is 16.2. The lowest BCUT2D eigenvalue weighted by Gasteiger charge is -2.09. The van der Waals surface area contributed by atoms with Crippen LogP contribution in [0.4, 0.5) is 0 Å². The molecule has 1 aromatic carbocycles. The van der Waals surface area contributed by atoms with Gasteiger partial charge < -0.3 is 4.74 Å². The molecular weight excluding hydrogens is 348 g/mol. The topological polar surface area (TPSA) is 84.5 Å². The minimum Gasteiger partial charge on any atom is -0.484 e. The van der Waals surface area contributed by atoms with Crippen LogP contribution in [0.5, 0.6) is 5.75 Å². The van der Waals surface area contributed by atoms with Crippen LogP contribution in [0, 0.1) is 6.92 Å². The molecule has 0 bridgehead atoms. The van der Waals surface area contributed by atoms with Crippen LogP contribution in [-0.2, 0) is 14.8 Å². The Morgan fingerprint density at radius 2 is 2.14 bits per heavy atom. The Morgan fingerprint density at radius 3 is 2.77 bits per heavy atom. The number of sulfonamides is 1. The normalized spacial score (nSPS) is 11.2. The summed E-state index contributed by atoms with van der Waals surface area (Å²) in [6, 6.07) is 8.01. The third-order valence-electron chi connectivity index (χ3n) is 2.58. The molecule has 0 fully saturated rings. The molecule has 0 aliphatic rings. The van der Waals surface area contributed by atoms with Crippen molar-refractivity contribution in [1.82, 2.24) is 10.3 Å². The van der Waals surface area contributed by atoms with E-state index < -0.39 is 15.9 Å². The first-order chi connectivity index (χ1) is 10.4. The number of aryl methyl sites for hydroxylation is 1. The molecule has 1 heterocycles. The van der Waals surface area contributed by atoms with E-state index in [2.05, 4.69) is 5.43 Å². The smallest absolute Gasteiger partial charge is 0.272 e. The minimum atomic E-state index is -3.74. The van der Waals surface area contributed by atoms with E-state index in [1.54, 1.807) is 29.6 Å². The molecule has 0 radical (unpaired) electrons. The summed E-state index contributed by atoms with van der Waals surface area (Å²) < 4.78 is 28.9. The van der Waals surface area contributed by atoms with Crippen LogP contribution >= 0.6 is 22.9 Å². The molecule has 1 amide bonds. The zero-order valence-corrected chi connectivity index (χ0v) is 13.9. The van der Waals surface area contributed by atoms with E-state index in [-0.39, 0.29) is 10.8 Å². The third kappa shape index (κ3) is 4.44. The quantitative estimate of drug-likeness (QED) is 0.772. The van der Waals surface area contributed by atoms with E-state index in [1.165, 1.54) is 6.07 Å². The Bertz CT molecular complexity index is 760. The predicted molar refractivity (Wildman–Crippen MR) is 84.5 cm³/mol. The van der Waals surface area contributed by atoms with Gasteiger partial charge in [0.2, 0.25) is 0 Å². The number of halogens is 1. The maximum absolute atomic E-state index is 11.8. The molecule has 1 aromatic heterocycles. The van der Waals surface area contributed by atoms with Gasteiger partial charge in [-0.05, 0) is 42.1 Å². The van der Waals surface area contributed by atoms with Crippen LogP contribution in [0.2, 0.25) is 5.02 Å². The van der Waals surface area contributed by atoms with Gasteiger partial charge in [0, 0.05) is 5.02 Å². The van der Waals surface area contributed by atoms with Gasteiger partial charge in [0.05, 0.1) is 0 Å². The van der Waals surface area contributed by atoms with Crippen LogP contribution in [0.25, 0.3) is 0 Å². The molecule has 0 spiro atoms. The Balaban J connectivity index is 1.84. The van der Waals surface area contributed by atoms with Gasteiger partial charge in [-0.1, -0.05) is 17.7 Å². The van der Waals surface area contributed by atoms with E-state index in [0.29, 0.717) is 10.8 Å². The van der Waals surface area contributed by atoms with Crippen molar-refractivity contribution in [3.63, 3.8) is 0 Å². The highest BCUT2D eigenvalue weighted by atomic mass is 35.5. The monoisotopic (exact) mass is 360 g/mol. The molecule has 2 aromatic rings. The molecule has 2 N–H and O–H groups in total. The highest BCUT2D eigenvalue weighted by molar-refractivity contribution is 7.91. The lowest BCUT2D eigenvalue weighted by Crippen LogP contribution is -2.43. The van der Waals surface area contributed by atoms with E-state index in [1.807, 2.05) is 11.8 Å². The second-order valence-electron chi connectivity index (χ2n) is 4.29. The molecule has 118 valence electrons. The number of hydrazine groups is 1. The molecule has 0 unspecified atom stereocenters. The van der Waals surface area contributed by atoms with Gasteiger partial charge in [-0.15, -0.1) is 16.2 Å². The number of hydrogen-bond acceptors (Lipinski definition) is 5.